The maximum Gasteiger partial charge on any atom is 0.259 e. The molecule has 130 valence electrons. The summed E-state index contributed by atoms with van der Waals surface area (Å²) in [6, 6.07) is 8.04. The van der Waals surface area contributed by atoms with Gasteiger partial charge in [-0.15, -0.1) is 11.8 Å². The summed E-state index contributed by atoms with van der Waals surface area (Å²) in [7, 11) is 0. The van der Waals surface area contributed by atoms with E-state index < -0.39 is 5.54 Å². The Balaban J connectivity index is 1.59. The summed E-state index contributed by atoms with van der Waals surface area (Å²) >= 11 is 1.71. The molecule has 0 amide bonds. The van der Waals surface area contributed by atoms with Gasteiger partial charge in [-0.1, -0.05) is 22.4 Å². The fourth-order valence-corrected chi connectivity index (χ4v) is 4.14. The highest BCUT2D eigenvalue weighted by molar-refractivity contribution is 7.98. The summed E-state index contributed by atoms with van der Waals surface area (Å²) in [5.41, 5.74) is 8.87. The Morgan fingerprint density at radius 3 is 2.64 bits per heavy atom. The molecule has 1 aliphatic carbocycles. The molecule has 7 heteroatoms. The number of nitrogens with zero attached hydrogens (tertiary/aromatic N) is 3. The highest BCUT2D eigenvalue weighted by Crippen LogP contribution is 2.39. The minimum absolute atomic E-state index is 0.416. The van der Waals surface area contributed by atoms with Crippen molar-refractivity contribution in [1.82, 2.24) is 15.3 Å². The summed E-state index contributed by atoms with van der Waals surface area (Å²) in [6.45, 7) is 3.90. The first-order valence-corrected chi connectivity index (χ1v) is 9.32. The molecule has 0 bridgehead atoms. The van der Waals surface area contributed by atoms with Crippen LogP contribution in [0.25, 0.3) is 11.5 Å². The Labute approximate surface area is 150 Å². The van der Waals surface area contributed by atoms with Gasteiger partial charge in [0.25, 0.3) is 5.89 Å². The lowest BCUT2D eigenvalue weighted by Gasteiger charge is -2.34. The number of hydrogen-bond acceptors (Lipinski definition) is 7. The molecule has 0 radical (unpaired) electrons. The van der Waals surface area contributed by atoms with Gasteiger partial charge >= 0.3 is 0 Å². The molecule has 4 rings (SSSR count). The zero-order valence-electron chi connectivity index (χ0n) is 14.3. The third-order valence-corrected chi connectivity index (χ3v) is 5.89. The maximum absolute atomic E-state index is 6.30. The quantitative estimate of drug-likeness (QED) is 0.692. The summed E-state index contributed by atoms with van der Waals surface area (Å²) in [6.07, 6.45) is 2.94. The number of rotatable bonds is 5. The van der Waals surface area contributed by atoms with E-state index in [1.54, 1.807) is 11.8 Å². The smallest absolute Gasteiger partial charge is 0.259 e. The van der Waals surface area contributed by atoms with Crippen molar-refractivity contribution in [2.24, 2.45) is 5.73 Å². The van der Waals surface area contributed by atoms with Crippen LogP contribution < -0.4 is 5.73 Å². The molecule has 1 saturated carbocycles. The molecular formula is C18H20N4O2S. The zero-order chi connectivity index (χ0) is 17.4. The van der Waals surface area contributed by atoms with Crippen molar-refractivity contribution in [3.63, 3.8) is 0 Å². The molecule has 0 unspecified atom stereocenters. The van der Waals surface area contributed by atoms with Crippen LogP contribution >= 0.6 is 11.8 Å². The molecule has 0 atom stereocenters. The summed E-state index contributed by atoms with van der Waals surface area (Å²) in [4.78, 5) is 5.65. The van der Waals surface area contributed by atoms with Crippen molar-refractivity contribution in [3.05, 3.63) is 47.1 Å². The average molecular weight is 356 g/mol. The van der Waals surface area contributed by atoms with Gasteiger partial charge in [0.15, 0.2) is 5.82 Å². The monoisotopic (exact) mass is 356 g/mol. The Hall–Kier alpha value is -2.12. The van der Waals surface area contributed by atoms with Crippen LogP contribution in [0, 0.1) is 13.8 Å². The van der Waals surface area contributed by atoms with Crippen LogP contribution in [0.2, 0.25) is 0 Å². The van der Waals surface area contributed by atoms with Crippen molar-refractivity contribution in [1.29, 1.82) is 0 Å². The van der Waals surface area contributed by atoms with Crippen LogP contribution in [-0.4, -0.2) is 15.3 Å². The standard InChI is InChI=1S/C18H20N4O2S/c1-11-14(12(2)23-21-11)10-25-15-7-4-3-6-13(15)16-20-17(22-24-16)18(19)8-5-9-18/h3-4,6-7H,5,8-10,19H2,1-2H3. The minimum atomic E-state index is -0.416. The molecule has 3 aromatic rings. The topological polar surface area (TPSA) is 91.0 Å². The van der Waals surface area contributed by atoms with E-state index in [0.717, 1.165) is 52.5 Å². The highest BCUT2D eigenvalue weighted by atomic mass is 32.2. The van der Waals surface area contributed by atoms with E-state index in [1.165, 1.54) is 0 Å². The molecule has 2 N–H and O–H groups in total. The summed E-state index contributed by atoms with van der Waals surface area (Å²) in [5.74, 6) is 2.77. The van der Waals surface area contributed by atoms with Gasteiger partial charge < -0.3 is 14.8 Å². The van der Waals surface area contributed by atoms with Crippen molar-refractivity contribution < 1.29 is 9.05 Å². The van der Waals surface area contributed by atoms with Crippen molar-refractivity contribution in [2.75, 3.05) is 0 Å². The van der Waals surface area contributed by atoms with Gasteiger partial charge in [0.2, 0.25) is 0 Å². The van der Waals surface area contributed by atoms with Crippen molar-refractivity contribution in [3.8, 4) is 11.5 Å². The van der Waals surface area contributed by atoms with Gasteiger partial charge in [-0.05, 0) is 45.2 Å². The number of benzene rings is 1. The fourth-order valence-electron chi connectivity index (χ4n) is 2.94. The van der Waals surface area contributed by atoms with Gasteiger partial charge in [-0.3, -0.25) is 0 Å². The number of nitrogens with two attached hydrogens (primary N) is 1. The number of hydrogen-bond donors (Lipinski definition) is 1. The van der Waals surface area contributed by atoms with Crippen LogP contribution in [0.5, 0.6) is 0 Å². The highest BCUT2D eigenvalue weighted by Gasteiger charge is 2.39. The predicted octanol–water partition coefficient (Wildman–Crippen LogP) is 3.97. The van der Waals surface area contributed by atoms with Gasteiger partial charge in [-0.25, -0.2) is 0 Å². The fraction of sp³-hybridized carbons (Fsp3) is 0.389. The molecule has 6 nitrogen and oxygen atoms in total. The second kappa shape index (κ2) is 6.31. The lowest BCUT2D eigenvalue weighted by molar-refractivity contribution is 0.229. The van der Waals surface area contributed by atoms with Crippen LogP contribution in [0.4, 0.5) is 0 Å². The Morgan fingerprint density at radius 1 is 1.16 bits per heavy atom. The van der Waals surface area contributed by atoms with E-state index in [2.05, 4.69) is 21.4 Å². The van der Waals surface area contributed by atoms with Crippen molar-refractivity contribution >= 4 is 11.8 Å². The van der Waals surface area contributed by atoms with Gasteiger partial charge in [0.05, 0.1) is 16.8 Å². The van der Waals surface area contributed by atoms with Gasteiger partial charge in [0, 0.05) is 16.2 Å². The largest absolute Gasteiger partial charge is 0.361 e. The van der Waals surface area contributed by atoms with Gasteiger partial charge in [0.1, 0.15) is 5.76 Å². The van der Waals surface area contributed by atoms with E-state index in [1.807, 2.05) is 32.0 Å². The summed E-state index contributed by atoms with van der Waals surface area (Å²) < 4.78 is 10.8. The number of thioether (sulfide) groups is 1. The second-order valence-electron chi connectivity index (χ2n) is 6.52. The lowest BCUT2D eigenvalue weighted by atomic mass is 9.77. The molecule has 1 fully saturated rings. The molecule has 1 aliphatic rings. The predicted molar refractivity (Wildman–Crippen MR) is 95.0 cm³/mol. The molecule has 2 aromatic heterocycles. The summed E-state index contributed by atoms with van der Waals surface area (Å²) in [5, 5.41) is 8.13. The SMILES string of the molecule is Cc1noc(C)c1CSc1ccccc1-c1nc(C2(N)CCC2)no1. The zero-order valence-corrected chi connectivity index (χ0v) is 15.1. The van der Waals surface area contributed by atoms with E-state index in [-0.39, 0.29) is 0 Å². The van der Waals surface area contributed by atoms with Crippen LogP contribution in [0.3, 0.4) is 0 Å². The number of aryl methyl sites for hydroxylation is 2. The first-order chi connectivity index (χ1) is 12.1. The second-order valence-corrected chi connectivity index (χ2v) is 7.54. The third-order valence-electron chi connectivity index (χ3n) is 4.79. The normalized spacial score (nSPS) is 16.0. The van der Waals surface area contributed by atoms with Crippen LogP contribution in [-0.2, 0) is 11.3 Å². The molecule has 2 heterocycles. The van der Waals surface area contributed by atoms with Crippen molar-refractivity contribution in [2.45, 2.75) is 49.3 Å². The maximum atomic E-state index is 6.30. The van der Waals surface area contributed by atoms with Gasteiger partial charge in [-0.2, -0.15) is 4.98 Å². The minimum Gasteiger partial charge on any atom is -0.361 e. The average Bonchev–Trinajstić information content (AvgIpc) is 3.19. The first kappa shape index (κ1) is 16.4. The van der Waals surface area contributed by atoms with E-state index in [4.69, 9.17) is 14.8 Å². The molecule has 0 saturated heterocycles. The Kier molecular flexibility index (Phi) is 4.13. The Morgan fingerprint density at radius 2 is 1.96 bits per heavy atom. The van der Waals surface area contributed by atoms with E-state index in [9.17, 15) is 0 Å². The molecule has 0 aliphatic heterocycles. The third kappa shape index (κ3) is 2.98. The van der Waals surface area contributed by atoms with Crippen LogP contribution in [0.1, 0.15) is 42.1 Å². The van der Waals surface area contributed by atoms with E-state index >= 15 is 0 Å². The lowest BCUT2D eigenvalue weighted by Crippen LogP contribution is -2.44. The molecule has 0 spiro atoms. The number of aromatic nitrogens is 3. The molecule has 1 aromatic carbocycles. The van der Waals surface area contributed by atoms with Crippen LogP contribution in [0.15, 0.2) is 38.2 Å². The molecular weight excluding hydrogens is 336 g/mol. The Bertz CT molecular complexity index is 879. The van der Waals surface area contributed by atoms with E-state index in [0.29, 0.717) is 11.7 Å². The molecule has 25 heavy (non-hydrogen) atoms. The first-order valence-electron chi connectivity index (χ1n) is 8.34.